The number of carbonyl (C=O) groups excluding carboxylic acids is 1. The van der Waals surface area contributed by atoms with E-state index in [1.165, 1.54) is 0 Å². The number of aliphatic carboxylic acids is 1. The van der Waals surface area contributed by atoms with Crippen molar-refractivity contribution in [2.24, 2.45) is 5.41 Å². The molecule has 1 atom stereocenters. The summed E-state index contributed by atoms with van der Waals surface area (Å²) < 4.78 is 2.11. The second-order valence-electron chi connectivity index (χ2n) is 7.51. The fourth-order valence-electron chi connectivity index (χ4n) is 4.33. The highest BCUT2D eigenvalue weighted by Crippen LogP contribution is 2.43. The van der Waals surface area contributed by atoms with Crippen molar-refractivity contribution in [1.29, 1.82) is 0 Å². The van der Waals surface area contributed by atoms with Crippen molar-refractivity contribution in [3.05, 3.63) is 18.2 Å². The van der Waals surface area contributed by atoms with Crippen LogP contribution in [0.1, 0.15) is 45.4 Å². The number of carboxylic acids is 1. The third-order valence-corrected chi connectivity index (χ3v) is 5.77. The van der Waals surface area contributed by atoms with E-state index >= 15 is 0 Å². The van der Waals surface area contributed by atoms with E-state index in [9.17, 15) is 14.7 Å². The van der Waals surface area contributed by atoms with Crippen LogP contribution in [0.3, 0.4) is 0 Å². The number of amides is 1. The van der Waals surface area contributed by atoms with Gasteiger partial charge in [-0.05, 0) is 31.1 Å². The van der Waals surface area contributed by atoms with Gasteiger partial charge in [-0.15, -0.1) is 0 Å². The first-order valence-electron chi connectivity index (χ1n) is 9.16. The normalized spacial score (nSPS) is 23.3. The van der Waals surface area contributed by atoms with Crippen LogP contribution in [-0.2, 0) is 22.7 Å². The average Bonchev–Trinajstić information content (AvgIpc) is 3.14. The van der Waals surface area contributed by atoms with Gasteiger partial charge in [0.15, 0.2) is 0 Å². The molecule has 2 saturated heterocycles. The Morgan fingerprint density at radius 1 is 1.36 bits per heavy atom. The number of imidazole rings is 1. The van der Waals surface area contributed by atoms with Crippen molar-refractivity contribution >= 4 is 11.9 Å². The van der Waals surface area contributed by atoms with E-state index in [2.05, 4.69) is 21.4 Å². The lowest BCUT2D eigenvalue weighted by molar-refractivity contribution is -0.142. The standard InChI is InChI=1S/C18H28N4O3/c1-3-7-21-10-6-19-16(21)12-22-13-18(11-15(22)17(24)25)4-8-20(9-5-18)14(2)23/h6,10,15H,3-5,7-9,11-13H2,1-2H3,(H,24,25)/t15-/m0/s1. The molecule has 1 aromatic heterocycles. The van der Waals surface area contributed by atoms with Gasteiger partial charge in [0, 0.05) is 45.5 Å². The van der Waals surface area contributed by atoms with Gasteiger partial charge in [0.1, 0.15) is 11.9 Å². The molecule has 3 rings (SSSR count). The number of nitrogens with zero attached hydrogens (tertiary/aromatic N) is 4. The Kier molecular flexibility index (Phi) is 5.13. The average molecular weight is 348 g/mol. The van der Waals surface area contributed by atoms with Gasteiger partial charge in [-0.1, -0.05) is 6.92 Å². The van der Waals surface area contributed by atoms with Gasteiger partial charge in [0.25, 0.3) is 0 Å². The van der Waals surface area contributed by atoms with Crippen LogP contribution in [0.25, 0.3) is 0 Å². The van der Waals surface area contributed by atoms with Gasteiger partial charge in [-0.25, -0.2) is 4.98 Å². The SMILES string of the molecule is CCCn1ccnc1CN1CC2(CCN(C(C)=O)CC2)C[C@H]1C(=O)O. The van der Waals surface area contributed by atoms with E-state index in [1.807, 2.05) is 11.1 Å². The zero-order valence-electron chi connectivity index (χ0n) is 15.1. The number of piperidine rings is 1. The Hall–Kier alpha value is -1.89. The van der Waals surface area contributed by atoms with Crippen molar-refractivity contribution < 1.29 is 14.7 Å². The van der Waals surface area contributed by atoms with Crippen LogP contribution in [0.2, 0.25) is 0 Å². The van der Waals surface area contributed by atoms with E-state index in [1.54, 1.807) is 13.1 Å². The lowest BCUT2D eigenvalue weighted by atomic mass is 9.76. The number of aromatic nitrogens is 2. The fraction of sp³-hybridized carbons (Fsp3) is 0.722. The summed E-state index contributed by atoms with van der Waals surface area (Å²) in [5.74, 6) is 0.298. The molecule has 0 aliphatic carbocycles. The lowest BCUT2D eigenvalue weighted by Crippen LogP contribution is -2.43. The zero-order chi connectivity index (χ0) is 18.0. The molecule has 1 amide bonds. The van der Waals surface area contributed by atoms with E-state index in [4.69, 9.17) is 0 Å². The number of likely N-dealkylation sites (tertiary alicyclic amines) is 2. The number of rotatable bonds is 5. The summed E-state index contributed by atoms with van der Waals surface area (Å²) in [4.78, 5) is 31.8. The molecule has 25 heavy (non-hydrogen) atoms. The zero-order valence-corrected chi connectivity index (χ0v) is 15.1. The molecule has 138 valence electrons. The Bertz CT molecular complexity index is 634. The van der Waals surface area contributed by atoms with Gasteiger partial charge >= 0.3 is 5.97 Å². The molecule has 2 fully saturated rings. The van der Waals surface area contributed by atoms with Gasteiger partial charge < -0.3 is 14.6 Å². The number of hydrogen-bond donors (Lipinski definition) is 1. The molecular formula is C18H28N4O3. The summed E-state index contributed by atoms with van der Waals surface area (Å²) in [6, 6.07) is -0.462. The van der Waals surface area contributed by atoms with Crippen LogP contribution in [0, 0.1) is 5.41 Å². The summed E-state index contributed by atoms with van der Waals surface area (Å²) in [7, 11) is 0. The first kappa shape index (κ1) is 17.9. The van der Waals surface area contributed by atoms with Crippen LogP contribution < -0.4 is 0 Å². The predicted molar refractivity (Wildman–Crippen MR) is 92.9 cm³/mol. The quantitative estimate of drug-likeness (QED) is 0.874. The lowest BCUT2D eigenvalue weighted by Gasteiger charge is -2.39. The van der Waals surface area contributed by atoms with Crippen LogP contribution in [-0.4, -0.2) is 62.0 Å². The molecule has 1 aromatic rings. The molecule has 2 aliphatic rings. The number of aryl methyl sites for hydroxylation is 1. The Morgan fingerprint density at radius 2 is 2.08 bits per heavy atom. The highest BCUT2D eigenvalue weighted by Gasteiger charge is 2.48. The highest BCUT2D eigenvalue weighted by molar-refractivity contribution is 5.74. The molecule has 0 aromatic carbocycles. The molecule has 2 aliphatic heterocycles. The summed E-state index contributed by atoms with van der Waals surface area (Å²) in [5, 5.41) is 9.71. The first-order chi connectivity index (χ1) is 11.9. The minimum Gasteiger partial charge on any atom is -0.480 e. The van der Waals surface area contributed by atoms with Crippen molar-refractivity contribution in [3.63, 3.8) is 0 Å². The topological polar surface area (TPSA) is 78.7 Å². The van der Waals surface area contributed by atoms with Gasteiger partial charge in [-0.3, -0.25) is 14.5 Å². The molecule has 7 nitrogen and oxygen atoms in total. The minimum absolute atomic E-state index is 0.0111. The van der Waals surface area contributed by atoms with E-state index < -0.39 is 12.0 Å². The van der Waals surface area contributed by atoms with Crippen molar-refractivity contribution in [2.45, 2.75) is 58.7 Å². The van der Waals surface area contributed by atoms with E-state index in [0.717, 1.165) is 51.3 Å². The van der Waals surface area contributed by atoms with Crippen LogP contribution in [0.5, 0.6) is 0 Å². The maximum Gasteiger partial charge on any atom is 0.320 e. The second kappa shape index (κ2) is 7.15. The Labute approximate surface area is 148 Å². The maximum absolute atomic E-state index is 11.8. The summed E-state index contributed by atoms with van der Waals surface area (Å²) in [6.45, 7) is 7.44. The molecule has 0 saturated carbocycles. The fourth-order valence-corrected chi connectivity index (χ4v) is 4.33. The molecule has 0 bridgehead atoms. The monoisotopic (exact) mass is 348 g/mol. The Balaban J connectivity index is 1.72. The molecule has 3 heterocycles. The molecule has 7 heteroatoms. The van der Waals surface area contributed by atoms with Gasteiger partial charge in [0.05, 0.1) is 6.54 Å². The predicted octanol–water partition coefficient (Wildman–Crippen LogP) is 1.58. The van der Waals surface area contributed by atoms with Crippen molar-refractivity contribution in [2.75, 3.05) is 19.6 Å². The number of hydrogen-bond acceptors (Lipinski definition) is 4. The second-order valence-corrected chi connectivity index (χ2v) is 7.51. The van der Waals surface area contributed by atoms with Crippen molar-refractivity contribution in [1.82, 2.24) is 19.4 Å². The number of carbonyl (C=O) groups is 2. The Morgan fingerprint density at radius 3 is 2.68 bits per heavy atom. The summed E-state index contributed by atoms with van der Waals surface area (Å²) in [6.07, 6.45) is 7.22. The van der Waals surface area contributed by atoms with Crippen LogP contribution in [0.15, 0.2) is 12.4 Å². The summed E-state index contributed by atoms with van der Waals surface area (Å²) >= 11 is 0. The van der Waals surface area contributed by atoms with Crippen LogP contribution in [0.4, 0.5) is 0 Å². The van der Waals surface area contributed by atoms with Gasteiger partial charge in [-0.2, -0.15) is 0 Å². The summed E-state index contributed by atoms with van der Waals surface area (Å²) in [5.41, 5.74) is 0.0111. The molecule has 1 spiro atoms. The smallest absolute Gasteiger partial charge is 0.320 e. The maximum atomic E-state index is 11.8. The van der Waals surface area contributed by atoms with Crippen LogP contribution >= 0.6 is 0 Å². The molecular weight excluding hydrogens is 320 g/mol. The van der Waals surface area contributed by atoms with Gasteiger partial charge in [0.2, 0.25) is 5.91 Å². The third-order valence-electron chi connectivity index (χ3n) is 5.77. The largest absolute Gasteiger partial charge is 0.480 e. The third kappa shape index (κ3) is 3.71. The van der Waals surface area contributed by atoms with Crippen molar-refractivity contribution in [3.8, 4) is 0 Å². The number of carboxylic acid groups (broad SMARTS) is 1. The molecule has 0 unspecified atom stereocenters. The minimum atomic E-state index is -0.750. The first-order valence-corrected chi connectivity index (χ1v) is 9.16. The molecule has 1 N–H and O–H groups in total. The van der Waals surface area contributed by atoms with E-state index in [-0.39, 0.29) is 11.3 Å². The highest BCUT2D eigenvalue weighted by atomic mass is 16.4. The molecule has 0 radical (unpaired) electrons. The van der Waals surface area contributed by atoms with E-state index in [0.29, 0.717) is 13.0 Å².